The topological polar surface area (TPSA) is 344 Å². The second-order valence-corrected chi connectivity index (χ2v) is 27.9. The number of ether oxygens (including phenoxy) is 8. The van der Waals surface area contributed by atoms with E-state index >= 15 is 4.39 Å². The van der Waals surface area contributed by atoms with E-state index in [9.17, 15) is 63.5 Å². The molecule has 3 fully saturated rings. The molecule has 0 spiro atoms. The number of nitrogens with one attached hydrogen (secondary N) is 6. The van der Waals surface area contributed by atoms with Crippen molar-refractivity contribution in [2.75, 3.05) is 112 Å². The van der Waals surface area contributed by atoms with E-state index in [1.165, 1.54) is 94.1 Å². The van der Waals surface area contributed by atoms with Crippen LogP contribution in [0.15, 0.2) is 152 Å². The SMILES string of the molecule is C=C(N)Cc1cccc(Oc2nc(Nc3ccc(C(=O)NC4CCN(C)CC4)cc3OC)ncc2C(F)(F)F)c1.COC(=O)c1ccccc1Oc1nc(Nc2cc(F)c(C(=O)NC3CCN(C)CC3)cc2OC)ncc1C(F)(F)F.COC(=O)c1ccccc1Oc1nc(Nc2ccc(C(=O)NC3CCN(C)CC3)cc2OC)ncc1C(F)(F)F. The van der Waals surface area contributed by atoms with Crippen LogP contribution < -0.4 is 66.1 Å². The lowest BCUT2D eigenvalue weighted by Gasteiger charge is -2.29. The molecule has 8 N–H and O–H groups in total. The number of alkyl halides is 9. The van der Waals surface area contributed by atoms with E-state index < -0.39 is 82.5 Å². The van der Waals surface area contributed by atoms with Gasteiger partial charge in [0.05, 0.1) is 58.2 Å². The van der Waals surface area contributed by atoms with Gasteiger partial charge in [-0.1, -0.05) is 43.0 Å². The Kier molecular flexibility index (Phi) is 30.2. The van der Waals surface area contributed by atoms with Crippen LogP contribution in [0.4, 0.5) is 78.8 Å². The predicted molar refractivity (Wildman–Crippen MR) is 423 cm³/mol. The van der Waals surface area contributed by atoms with E-state index in [-0.39, 0.29) is 98.7 Å². The summed E-state index contributed by atoms with van der Waals surface area (Å²) in [6.45, 7) is 8.84. The van der Waals surface area contributed by atoms with Crippen LogP contribution >= 0.6 is 0 Å². The predicted octanol–water partition coefficient (Wildman–Crippen LogP) is 14.3. The average molecular weight is 1690 g/mol. The van der Waals surface area contributed by atoms with Crippen molar-refractivity contribution in [3.8, 4) is 52.1 Å². The number of amides is 3. The highest BCUT2D eigenvalue weighted by atomic mass is 19.4. The van der Waals surface area contributed by atoms with E-state index in [1.54, 1.807) is 42.5 Å². The van der Waals surface area contributed by atoms with Gasteiger partial charge < -0.3 is 90.2 Å². The van der Waals surface area contributed by atoms with Crippen molar-refractivity contribution in [2.24, 2.45) is 5.73 Å². The van der Waals surface area contributed by atoms with E-state index in [4.69, 9.17) is 34.2 Å². The summed E-state index contributed by atoms with van der Waals surface area (Å²) in [6.07, 6.45) is -7.59. The van der Waals surface area contributed by atoms with Gasteiger partial charge >= 0.3 is 30.5 Å². The quantitative estimate of drug-likeness (QED) is 0.0206. The molecule has 3 aromatic heterocycles. The first-order valence-corrected chi connectivity index (χ1v) is 37.4. The molecule has 39 heteroatoms. The zero-order valence-electron chi connectivity index (χ0n) is 66.6. The number of carbonyl (C=O) groups is 5. The number of rotatable bonds is 25. The number of piperidine rings is 3. The summed E-state index contributed by atoms with van der Waals surface area (Å²) in [7, 11) is 12.4. The number of nitrogens with two attached hydrogens (primary N) is 1. The number of halogens is 10. The van der Waals surface area contributed by atoms with Gasteiger partial charge in [0, 0.05) is 66.0 Å². The van der Waals surface area contributed by atoms with Gasteiger partial charge in [0.1, 0.15) is 68.1 Å². The van der Waals surface area contributed by atoms with Gasteiger partial charge in [-0.3, -0.25) is 14.4 Å². The molecular formula is C82H86F10N16O13. The fourth-order valence-corrected chi connectivity index (χ4v) is 12.6. The van der Waals surface area contributed by atoms with Crippen LogP contribution in [0.5, 0.6) is 52.1 Å². The van der Waals surface area contributed by atoms with E-state index in [0.29, 0.717) is 53.2 Å². The highest BCUT2D eigenvalue weighted by molar-refractivity contribution is 5.98. The fourth-order valence-electron chi connectivity index (χ4n) is 12.6. The lowest BCUT2D eigenvalue weighted by Crippen LogP contribution is -2.43. The molecule has 121 heavy (non-hydrogen) atoms. The summed E-state index contributed by atoms with van der Waals surface area (Å²) in [5, 5.41) is 17.2. The van der Waals surface area contributed by atoms with Crippen LogP contribution in [-0.4, -0.2) is 188 Å². The molecule has 3 amide bonds. The van der Waals surface area contributed by atoms with Gasteiger partial charge in [-0.05, 0) is 183 Å². The molecule has 29 nitrogen and oxygen atoms in total. The molecule has 6 heterocycles. The van der Waals surface area contributed by atoms with Crippen LogP contribution in [0.25, 0.3) is 0 Å². The number of carbonyl (C=O) groups excluding carboxylic acids is 5. The molecular weight excluding hydrogens is 1610 g/mol. The van der Waals surface area contributed by atoms with E-state index in [1.807, 2.05) is 21.1 Å². The third-order valence-corrected chi connectivity index (χ3v) is 19.1. The lowest BCUT2D eigenvalue weighted by atomic mass is 10.0. The first-order chi connectivity index (χ1) is 57.6. The van der Waals surface area contributed by atoms with Crippen molar-refractivity contribution in [2.45, 2.75) is 81.6 Å². The number of para-hydroxylation sites is 2. The molecule has 3 saturated heterocycles. The van der Waals surface area contributed by atoms with Gasteiger partial charge in [0.2, 0.25) is 35.5 Å². The van der Waals surface area contributed by atoms with Crippen LogP contribution in [0.2, 0.25) is 0 Å². The van der Waals surface area contributed by atoms with Crippen molar-refractivity contribution in [3.05, 3.63) is 208 Å². The fraction of sp³-hybridized carbons (Fsp3) is 0.329. The molecule has 0 unspecified atom stereocenters. The van der Waals surface area contributed by atoms with Crippen molar-refractivity contribution in [3.63, 3.8) is 0 Å². The number of likely N-dealkylation sites (tertiary alicyclic amines) is 3. The second kappa shape index (κ2) is 40.5. The number of methoxy groups -OCH3 is 5. The third kappa shape index (κ3) is 24.7. The summed E-state index contributed by atoms with van der Waals surface area (Å²) in [4.78, 5) is 92.1. The first kappa shape index (κ1) is 90.2. The summed E-state index contributed by atoms with van der Waals surface area (Å²) in [5.41, 5.74) is 3.95. The Morgan fingerprint density at radius 3 is 1.17 bits per heavy atom. The maximum atomic E-state index is 15.1. The Hall–Kier alpha value is -13.2. The Labute approximate surface area is 687 Å². The Bertz CT molecular complexity index is 5180. The number of benzene rings is 6. The van der Waals surface area contributed by atoms with E-state index in [0.717, 1.165) is 104 Å². The van der Waals surface area contributed by atoms with Crippen molar-refractivity contribution < 1.29 is 106 Å². The largest absolute Gasteiger partial charge is 0.495 e. The molecule has 9 aromatic rings. The molecule has 12 rings (SSSR count). The highest BCUT2D eigenvalue weighted by Gasteiger charge is 2.40. The van der Waals surface area contributed by atoms with Crippen LogP contribution in [-0.2, 0) is 34.4 Å². The Morgan fingerprint density at radius 2 is 0.802 bits per heavy atom. The monoisotopic (exact) mass is 1690 g/mol. The number of hydrogen-bond acceptors (Lipinski definition) is 26. The average Bonchev–Trinajstić information content (AvgIpc) is 0.824. The normalized spacial score (nSPS) is 14.4. The number of nitrogens with zero attached hydrogens (tertiary/aromatic N) is 9. The van der Waals surface area contributed by atoms with Gasteiger partial charge in [-0.25, -0.2) is 28.9 Å². The number of allylic oxidation sites excluding steroid dienone is 1. The minimum absolute atomic E-state index is 0.0157. The lowest BCUT2D eigenvalue weighted by molar-refractivity contribution is -0.140. The number of hydrogen-bond donors (Lipinski definition) is 7. The van der Waals surface area contributed by atoms with Crippen molar-refractivity contribution >= 4 is 64.6 Å². The summed E-state index contributed by atoms with van der Waals surface area (Å²) in [5.74, 6) is -6.56. The zero-order chi connectivity index (χ0) is 87.5. The highest BCUT2D eigenvalue weighted by Crippen LogP contribution is 2.43. The van der Waals surface area contributed by atoms with Gasteiger partial charge in [0.15, 0.2) is 0 Å². The Balaban J connectivity index is 0.000000190. The zero-order valence-corrected chi connectivity index (χ0v) is 66.6. The second-order valence-electron chi connectivity index (χ2n) is 27.9. The molecule has 642 valence electrons. The summed E-state index contributed by atoms with van der Waals surface area (Å²) < 4.78 is 180. The minimum atomic E-state index is -4.90. The molecule has 0 aliphatic carbocycles. The number of anilines is 6. The maximum absolute atomic E-state index is 15.1. The Morgan fingerprint density at radius 1 is 0.438 bits per heavy atom. The molecule has 3 aliphatic heterocycles. The molecule has 3 aliphatic rings. The van der Waals surface area contributed by atoms with Crippen LogP contribution in [0.1, 0.15) is 113 Å². The molecule has 6 aromatic carbocycles. The van der Waals surface area contributed by atoms with Crippen LogP contribution in [0, 0.1) is 5.82 Å². The molecule has 0 radical (unpaired) electrons. The third-order valence-electron chi connectivity index (χ3n) is 19.1. The maximum Gasteiger partial charge on any atom is 0.423 e. The van der Waals surface area contributed by atoms with E-state index in [2.05, 4.69) is 92.6 Å². The summed E-state index contributed by atoms with van der Waals surface area (Å²) in [6, 6.07) is 29.2. The summed E-state index contributed by atoms with van der Waals surface area (Å²) >= 11 is 0. The van der Waals surface area contributed by atoms with Gasteiger partial charge in [0.25, 0.3) is 17.7 Å². The smallest absolute Gasteiger partial charge is 0.423 e. The van der Waals surface area contributed by atoms with Crippen LogP contribution in [0.3, 0.4) is 0 Å². The number of esters is 2. The first-order valence-electron chi connectivity index (χ1n) is 37.4. The standard InChI is InChI=1S/C28H31F3N6O3.C27H27F4N5O5.C27H28F3N5O5/c1-17(32)13-18-5-4-6-21(14-18)40-26-22(28(29,30)31)16-33-27(36-26)35-23-8-7-19(15-24(23)39-3)25(38)34-20-9-11-37(2)12-10-20;1-36-10-8-15(9-11-36)33-23(37)17-12-22(39-2)20(13-19(17)28)34-26-32-14-18(27(29,30)31)24(35-26)41-21-7-5-4-6-16(21)25(38)40-3;1-35-12-10-17(11-13-35)32-23(36)16-8-9-20(22(14-16)38-2)33-26-31-15-19(27(28,29)30)24(34-26)40-21-7-5-4-6-18(21)25(37)39-3/h4-8,14-16,20H,1,9-13,32H2,2-3H3,(H,34,38)(H,33,35,36);4-7,12-15H,8-11H2,1-3H3,(H,33,37)(H,32,34,35);4-9,14-15,17H,10-13H2,1-3H3,(H,32,36)(H,31,33,34). The molecule has 0 saturated carbocycles. The minimum Gasteiger partial charge on any atom is -0.495 e. The van der Waals surface area contributed by atoms with Gasteiger partial charge in [-0.2, -0.15) is 54.5 Å². The molecule has 0 bridgehead atoms. The number of aromatic nitrogens is 6. The van der Waals surface area contributed by atoms with Gasteiger partial charge in [-0.15, -0.1) is 0 Å². The molecule has 0 atom stereocenters. The van der Waals surface area contributed by atoms with Crippen molar-refractivity contribution in [1.29, 1.82) is 0 Å². The van der Waals surface area contributed by atoms with Crippen molar-refractivity contribution in [1.82, 2.24) is 60.6 Å².